The van der Waals surface area contributed by atoms with Crippen molar-refractivity contribution in [3.63, 3.8) is 0 Å². The van der Waals surface area contributed by atoms with E-state index in [2.05, 4.69) is 29.6 Å². The minimum Gasteiger partial charge on any atom is -0.266 e. The van der Waals surface area contributed by atoms with E-state index in [9.17, 15) is 4.79 Å². The minimum absolute atomic E-state index is 0.150. The lowest BCUT2D eigenvalue weighted by atomic mass is 10.1. The molecular weight excluding hydrogens is 250 g/mol. The van der Waals surface area contributed by atoms with Crippen molar-refractivity contribution in [2.45, 2.75) is 19.9 Å². The maximum Gasteiger partial charge on any atom is 0.305 e. The normalized spacial score (nSPS) is 10.7. The van der Waals surface area contributed by atoms with Crippen molar-refractivity contribution in [2.24, 2.45) is 5.10 Å². The number of nitrogens with zero attached hydrogens (tertiary/aromatic N) is 2. The molecule has 0 atom stereocenters. The molecule has 0 aliphatic rings. The lowest BCUT2D eigenvalue weighted by molar-refractivity contribution is -0.684. The molecule has 1 aromatic carbocycles. The molecule has 0 aliphatic heterocycles. The summed E-state index contributed by atoms with van der Waals surface area (Å²) in [5.41, 5.74) is 4.77. The monoisotopic (exact) mass is 268 g/mol. The molecule has 20 heavy (non-hydrogen) atoms. The van der Waals surface area contributed by atoms with Crippen LogP contribution in [0.4, 0.5) is 0 Å². The van der Waals surface area contributed by atoms with Gasteiger partial charge in [-0.3, -0.25) is 4.79 Å². The van der Waals surface area contributed by atoms with Crippen molar-refractivity contribution in [1.82, 2.24) is 5.43 Å². The fraction of sp³-hybridized carbons (Fsp3) is 0.188. The van der Waals surface area contributed by atoms with Gasteiger partial charge in [-0.2, -0.15) is 9.67 Å². The first-order valence-corrected chi connectivity index (χ1v) is 6.63. The van der Waals surface area contributed by atoms with Crippen LogP contribution in [0, 0.1) is 0 Å². The van der Waals surface area contributed by atoms with Gasteiger partial charge in [0.25, 0.3) is 0 Å². The molecule has 0 unspecified atom stereocenters. The number of aromatic nitrogens is 1. The molecule has 4 heteroatoms. The quantitative estimate of drug-likeness (QED) is 0.500. The molecule has 0 saturated carbocycles. The summed E-state index contributed by atoms with van der Waals surface area (Å²) < 4.78 is 1.79. The number of rotatable bonds is 5. The van der Waals surface area contributed by atoms with E-state index >= 15 is 0 Å². The number of hydrazone groups is 1. The van der Waals surface area contributed by atoms with Crippen molar-refractivity contribution < 1.29 is 9.36 Å². The van der Waals surface area contributed by atoms with Gasteiger partial charge in [0.1, 0.15) is 0 Å². The summed E-state index contributed by atoms with van der Waals surface area (Å²) in [7, 11) is 0. The van der Waals surface area contributed by atoms with Crippen LogP contribution in [0.25, 0.3) is 0 Å². The Morgan fingerprint density at radius 1 is 1.20 bits per heavy atom. The van der Waals surface area contributed by atoms with E-state index in [1.54, 1.807) is 10.8 Å². The molecule has 0 spiro atoms. The lowest BCUT2D eigenvalue weighted by Crippen LogP contribution is -2.40. The average molecular weight is 268 g/mol. The molecule has 0 radical (unpaired) electrons. The van der Waals surface area contributed by atoms with Gasteiger partial charge in [-0.1, -0.05) is 37.3 Å². The highest BCUT2D eigenvalue weighted by Gasteiger charge is 2.06. The van der Waals surface area contributed by atoms with Crippen molar-refractivity contribution in [3.8, 4) is 0 Å². The van der Waals surface area contributed by atoms with Gasteiger partial charge in [0.15, 0.2) is 12.4 Å². The van der Waals surface area contributed by atoms with E-state index in [4.69, 9.17) is 0 Å². The maximum atomic E-state index is 11.7. The van der Waals surface area contributed by atoms with Gasteiger partial charge < -0.3 is 0 Å². The maximum absolute atomic E-state index is 11.7. The molecule has 1 amide bonds. The van der Waals surface area contributed by atoms with Gasteiger partial charge in [-0.15, -0.1) is 0 Å². The minimum atomic E-state index is -0.150. The summed E-state index contributed by atoms with van der Waals surface area (Å²) in [6.45, 7) is 2.37. The molecule has 4 nitrogen and oxygen atoms in total. The summed E-state index contributed by atoms with van der Waals surface area (Å²) in [6, 6.07) is 13.8. The summed E-state index contributed by atoms with van der Waals surface area (Å²) in [6.07, 6.45) is 6.34. The molecule has 0 saturated heterocycles. The smallest absolute Gasteiger partial charge is 0.266 e. The molecule has 2 aromatic rings. The van der Waals surface area contributed by atoms with E-state index in [-0.39, 0.29) is 12.5 Å². The molecule has 2 rings (SSSR count). The third-order valence-electron chi connectivity index (χ3n) is 2.89. The largest absolute Gasteiger partial charge is 0.305 e. The summed E-state index contributed by atoms with van der Waals surface area (Å²) in [4.78, 5) is 11.7. The first kappa shape index (κ1) is 13.9. The standard InChI is InChI=1S/C16H17N3O/c1-2-14-6-8-15(9-7-14)12-17-18-16(20)13-19-10-4-3-5-11-19/h3-12H,2,13H2,1H3/p+1. The van der Waals surface area contributed by atoms with Crippen molar-refractivity contribution in [2.75, 3.05) is 0 Å². The van der Waals surface area contributed by atoms with Gasteiger partial charge in [-0.05, 0) is 17.5 Å². The Hall–Kier alpha value is -2.49. The van der Waals surface area contributed by atoms with E-state index in [0.717, 1.165) is 12.0 Å². The molecule has 0 bridgehead atoms. The van der Waals surface area contributed by atoms with Crippen molar-refractivity contribution in [1.29, 1.82) is 0 Å². The van der Waals surface area contributed by atoms with Gasteiger partial charge >= 0.3 is 5.91 Å². The molecule has 1 aromatic heterocycles. The van der Waals surface area contributed by atoms with Crippen molar-refractivity contribution in [3.05, 3.63) is 66.0 Å². The molecule has 0 aliphatic carbocycles. The zero-order valence-electron chi connectivity index (χ0n) is 11.5. The highest BCUT2D eigenvalue weighted by molar-refractivity contribution is 5.81. The first-order valence-electron chi connectivity index (χ1n) is 6.63. The Balaban J connectivity index is 1.84. The van der Waals surface area contributed by atoms with Crippen LogP contribution in [0.1, 0.15) is 18.1 Å². The highest BCUT2D eigenvalue weighted by atomic mass is 16.2. The third-order valence-corrected chi connectivity index (χ3v) is 2.89. The van der Waals surface area contributed by atoms with E-state index < -0.39 is 0 Å². The van der Waals surface area contributed by atoms with Gasteiger partial charge in [0.05, 0.1) is 6.21 Å². The predicted molar refractivity (Wildman–Crippen MR) is 78.2 cm³/mol. The number of benzene rings is 1. The average Bonchev–Trinajstić information content (AvgIpc) is 2.49. The number of hydrogen-bond donors (Lipinski definition) is 1. The van der Waals surface area contributed by atoms with Crippen LogP contribution in [0.3, 0.4) is 0 Å². The molecule has 102 valence electrons. The van der Waals surface area contributed by atoms with Crippen LogP contribution in [-0.2, 0) is 17.8 Å². The Kier molecular flexibility index (Phi) is 5.00. The Bertz CT molecular complexity index is 576. The second kappa shape index (κ2) is 7.19. The van der Waals surface area contributed by atoms with Crippen LogP contribution in [0.15, 0.2) is 60.0 Å². The van der Waals surface area contributed by atoms with E-state index in [1.165, 1.54) is 5.56 Å². The van der Waals surface area contributed by atoms with Crippen molar-refractivity contribution >= 4 is 12.1 Å². The van der Waals surface area contributed by atoms with Crippen LogP contribution in [-0.4, -0.2) is 12.1 Å². The van der Waals surface area contributed by atoms with Gasteiger partial charge in [-0.25, -0.2) is 5.43 Å². The Labute approximate surface area is 118 Å². The zero-order chi connectivity index (χ0) is 14.2. The summed E-state index contributed by atoms with van der Waals surface area (Å²) in [5.74, 6) is -0.150. The van der Waals surface area contributed by atoms with Crippen LogP contribution in [0.2, 0.25) is 0 Å². The second-order valence-corrected chi connectivity index (χ2v) is 4.44. The molecule has 1 N–H and O–H groups in total. The van der Waals surface area contributed by atoms with Crippen LogP contribution in [0.5, 0.6) is 0 Å². The van der Waals surface area contributed by atoms with E-state index in [1.807, 2.05) is 42.7 Å². The Morgan fingerprint density at radius 2 is 1.90 bits per heavy atom. The number of amides is 1. The summed E-state index contributed by atoms with van der Waals surface area (Å²) in [5, 5.41) is 3.96. The zero-order valence-corrected chi connectivity index (χ0v) is 11.5. The van der Waals surface area contributed by atoms with E-state index in [0.29, 0.717) is 0 Å². The highest BCUT2D eigenvalue weighted by Crippen LogP contribution is 2.02. The first-order chi connectivity index (χ1) is 9.78. The number of hydrogen-bond acceptors (Lipinski definition) is 2. The summed E-state index contributed by atoms with van der Waals surface area (Å²) >= 11 is 0. The number of carbonyl (C=O) groups excluding carboxylic acids is 1. The van der Waals surface area contributed by atoms with Gasteiger partial charge in [0, 0.05) is 12.1 Å². The predicted octanol–water partition coefficient (Wildman–Crippen LogP) is 1.69. The topological polar surface area (TPSA) is 45.3 Å². The van der Waals surface area contributed by atoms with Crippen LogP contribution < -0.4 is 9.99 Å². The number of nitrogens with one attached hydrogen (secondary N) is 1. The fourth-order valence-corrected chi connectivity index (χ4v) is 1.76. The lowest BCUT2D eigenvalue weighted by Gasteiger charge is -1.98. The molecular formula is C16H18N3O+. The Morgan fingerprint density at radius 3 is 2.55 bits per heavy atom. The van der Waals surface area contributed by atoms with Crippen LogP contribution >= 0.6 is 0 Å². The molecule has 1 heterocycles. The number of pyridine rings is 1. The number of carbonyl (C=O) groups is 1. The SMILES string of the molecule is CCc1ccc(C=NNC(=O)C[n+]2ccccc2)cc1. The van der Waals surface area contributed by atoms with Gasteiger partial charge in [0.2, 0.25) is 6.54 Å². The number of aryl methyl sites for hydroxylation is 1. The second-order valence-electron chi connectivity index (χ2n) is 4.44. The fourth-order valence-electron chi connectivity index (χ4n) is 1.76. The third kappa shape index (κ3) is 4.31. The molecule has 0 fully saturated rings.